The van der Waals surface area contributed by atoms with Gasteiger partial charge in [-0.25, -0.2) is 4.98 Å². The van der Waals surface area contributed by atoms with E-state index in [1.54, 1.807) is 0 Å². The Kier molecular flexibility index (Phi) is 4.48. The molecule has 1 aliphatic carbocycles. The number of rotatable bonds is 4. The van der Waals surface area contributed by atoms with Crippen molar-refractivity contribution >= 4 is 44.4 Å². The lowest BCUT2D eigenvalue weighted by Gasteiger charge is -2.19. The van der Waals surface area contributed by atoms with Gasteiger partial charge in [0.05, 0.1) is 22.1 Å². The van der Waals surface area contributed by atoms with Crippen LogP contribution < -0.4 is 5.32 Å². The Hall–Kier alpha value is -2.28. The van der Waals surface area contributed by atoms with E-state index in [4.69, 9.17) is 0 Å². The van der Waals surface area contributed by atoms with Gasteiger partial charge in [0.15, 0.2) is 5.13 Å². The number of thiazole rings is 1. The maximum Gasteiger partial charge on any atom is 0.233 e. The van der Waals surface area contributed by atoms with Gasteiger partial charge in [-0.05, 0) is 31.4 Å². The van der Waals surface area contributed by atoms with E-state index in [1.807, 2.05) is 25.1 Å². The maximum atomic E-state index is 12.4. The lowest BCUT2D eigenvalue weighted by molar-refractivity contribution is -0.140. The number of carbonyl (C=O) groups is 3. The van der Waals surface area contributed by atoms with Gasteiger partial charge in [-0.1, -0.05) is 36.3 Å². The fraction of sp³-hybridized carbons (Fsp3) is 0.474. The Morgan fingerprint density at radius 1 is 1.23 bits per heavy atom. The zero-order chi connectivity index (χ0) is 18.3. The van der Waals surface area contributed by atoms with Crippen molar-refractivity contribution in [2.45, 2.75) is 39.0 Å². The number of hydrogen-bond acceptors (Lipinski definition) is 5. The maximum absolute atomic E-state index is 12.4. The number of imide groups is 1. The molecule has 1 saturated carbocycles. The fourth-order valence-electron chi connectivity index (χ4n) is 3.99. The summed E-state index contributed by atoms with van der Waals surface area (Å²) < 4.78 is 1.02. The molecular formula is C19H21N3O3S. The summed E-state index contributed by atoms with van der Waals surface area (Å²) in [5.74, 6) is -0.735. The van der Waals surface area contributed by atoms with Crippen molar-refractivity contribution in [2.75, 3.05) is 11.9 Å². The minimum absolute atomic E-state index is 0.0943. The predicted molar refractivity (Wildman–Crippen MR) is 99.8 cm³/mol. The molecule has 2 heterocycles. The molecule has 2 aliphatic rings. The van der Waals surface area contributed by atoms with Crippen LogP contribution in [0.15, 0.2) is 18.2 Å². The lowest BCUT2D eigenvalue weighted by atomic mass is 9.81. The summed E-state index contributed by atoms with van der Waals surface area (Å²) in [6, 6.07) is 5.92. The molecule has 2 fully saturated rings. The number of aryl methyl sites for hydroxylation is 1. The molecule has 0 bridgehead atoms. The van der Waals surface area contributed by atoms with E-state index in [9.17, 15) is 14.4 Å². The Morgan fingerprint density at radius 2 is 1.92 bits per heavy atom. The zero-order valence-electron chi connectivity index (χ0n) is 14.7. The Bertz CT molecular complexity index is 867. The summed E-state index contributed by atoms with van der Waals surface area (Å²) >= 11 is 1.42. The van der Waals surface area contributed by atoms with Crippen molar-refractivity contribution in [1.29, 1.82) is 0 Å². The van der Waals surface area contributed by atoms with Crippen molar-refractivity contribution in [1.82, 2.24) is 9.88 Å². The van der Waals surface area contributed by atoms with Crippen LogP contribution >= 0.6 is 11.3 Å². The van der Waals surface area contributed by atoms with Gasteiger partial charge in [-0.3, -0.25) is 19.3 Å². The third kappa shape index (κ3) is 3.00. The predicted octanol–water partition coefficient (Wildman–Crippen LogP) is 3.11. The van der Waals surface area contributed by atoms with E-state index in [-0.39, 0.29) is 42.5 Å². The van der Waals surface area contributed by atoms with Crippen LogP contribution in [0.4, 0.5) is 5.13 Å². The van der Waals surface area contributed by atoms with Gasteiger partial charge in [-0.15, -0.1) is 0 Å². The first kappa shape index (κ1) is 17.1. The largest absolute Gasteiger partial charge is 0.302 e. The number of hydrogen-bond donors (Lipinski definition) is 1. The zero-order valence-corrected chi connectivity index (χ0v) is 15.5. The SMILES string of the molecule is Cc1cccc2sc(NC(=O)CCN3C(=O)C4CCCCC4C3=O)nc12. The van der Waals surface area contributed by atoms with Gasteiger partial charge in [0.25, 0.3) is 0 Å². The van der Waals surface area contributed by atoms with Crippen molar-refractivity contribution in [3.05, 3.63) is 23.8 Å². The minimum atomic E-state index is -0.225. The number of anilines is 1. The number of likely N-dealkylation sites (tertiary alicyclic amines) is 1. The molecule has 1 saturated heterocycles. The van der Waals surface area contributed by atoms with Crippen LogP contribution in [0.25, 0.3) is 10.2 Å². The second-order valence-electron chi connectivity index (χ2n) is 7.06. The third-order valence-electron chi connectivity index (χ3n) is 5.36. The van der Waals surface area contributed by atoms with Crippen LogP contribution in [0.2, 0.25) is 0 Å². The second-order valence-corrected chi connectivity index (χ2v) is 8.10. The monoisotopic (exact) mass is 371 g/mol. The first-order valence-corrected chi connectivity index (χ1v) is 9.87. The van der Waals surface area contributed by atoms with Crippen LogP contribution in [-0.4, -0.2) is 34.2 Å². The molecule has 0 spiro atoms. The summed E-state index contributed by atoms with van der Waals surface area (Å²) in [7, 11) is 0. The van der Waals surface area contributed by atoms with E-state index >= 15 is 0 Å². The molecule has 3 amide bonds. The molecule has 1 N–H and O–H groups in total. The molecule has 7 heteroatoms. The van der Waals surface area contributed by atoms with Crippen molar-refractivity contribution < 1.29 is 14.4 Å². The number of nitrogens with zero attached hydrogens (tertiary/aromatic N) is 2. The molecule has 2 unspecified atom stereocenters. The van der Waals surface area contributed by atoms with Gasteiger partial charge >= 0.3 is 0 Å². The summed E-state index contributed by atoms with van der Waals surface area (Å²) in [5.41, 5.74) is 1.96. The van der Waals surface area contributed by atoms with Gasteiger partial charge < -0.3 is 5.32 Å². The van der Waals surface area contributed by atoms with Crippen molar-refractivity contribution in [3.8, 4) is 0 Å². The first-order valence-electron chi connectivity index (χ1n) is 9.06. The first-order chi connectivity index (χ1) is 12.5. The molecule has 26 heavy (non-hydrogen) atoms. The summed E-state index contributed by atoms with van der Waals surface area (Å²) in [5, 5.41) is 3.34. The average Bonchev–Trinajstić information content (AvgIpc) is 3.14. The number of amides is 3. The molecule has 4 rings (SSSR count). The van der Waals surface area contributed by atoms with E-state index < -0.39 is 0 Å². The van der Waals surface area contributed by atoms with Gasteiger partial charge in [0.2, 0.25) is 17.7 Å². The van der Waals surface area contributed by atoms with Crippen LogP contribution in [-0.2, 0) is 14.4 Å². The van der Waals surface area contributed by atoms with Crippen LogP contribution in [0, 0.1) is 18.8 Å². The molecular weight excluding hydrogens is 350 g/mol. The highest BCUT2D eigenvalue weighted by Crippen LogP contribution is 2.38. The lowest BCUT2D eigenvalue weighted by Crippen LogP contribution is -2.34. The Morgan fingerprint density at radius 3 is 2.58 bits per heavy atom. The van der Waals surface area contributed by atoms with Crippen molar-refractivity contribution in [2.24, 2.45) is 11.8 Å². The van der Waals surface area contributed by atoms with Crippen LogP contribution in [0.1, 0.15) is 37.7 Å². The smallest absolute Gasteiger partial charge is 0.233 e. The molecule has 1 aliphatic heterocycles. The Labute approximate surface area is 155 Å². The van der Waals surface area contributed by atoms with Gasteiger partial charge in [0, 0.05) is 13.0 Å². The van der Waals surface area contributed by atoms with Crippen LogP contribution in [0.5, 0.6) is 0 Å². The van der Waals surface area contributed by atoms with E-state index in [2.05, 4.69) is 10.3 Å². The van der Waals surface area contributed by atoms with Gasteiger partial charge in [0.1, 0.15) is 0 Å². The number of carbonyl (C=O) groups excluding carboxylic acids is 3. The fourth-order valence-corrected chi connectivity index (χ4v) is 4.95. The molecule has 136 valence electrons. The molecule has 6 nitrogen and oxygen atoms in total. The molecule has 0 radical (unpaired) electrons. The highest BCUT2D eigenvalue weighted by Gasteiger charge is 2.47. The highest BCUT2D eigenvalue weighted by molar-refractivity contribution is 7.22. The van der Waals surface area contributed by atoms with E-state index in [0.29, 0.717) is 5.13 Å². The molecule has 1 aromatic carbocycles. The van der Waals surface area contributed by atoms with E-state index in [0.717, 1.165) is 41.5 Å². The number of benzene rings is 1. The summed E-state index contributed by atoms with van der Waals surface area (Å²) in [4.78, 5) is 42.9. The van der Waals surface area contributed by atoms with Crippen molar-refractivity contribution in [3.63, 3.8) is 0 Å². The standard InChI is InChI=1S/C19H21N3O3S/c1-11-5-4-8-14-16(11)21-19(26-14)20-15(23)9-10-22-17(24)12-6-2-3-7-13(12)18(22)25/h4-5,8,12-13H,2-3,6-7,9-10H2,1H3,(H,20,21,23). The average molecular weight is 371 g/mol. The van der Waals surface area contributed by atoms with Gasteiger partial charge in [-0.2, -0.15) is 0 Å². The molecule has 2 aromatic rings. The topological polar surface area (TPSA) is 79.4 Å². The normalized spacial score (nSPS) is 22.7. The minimum Gasteiger partial charge on any atom is -0.302 e. The summed E-state index contributed by atoms with van der Waals surface area (Å²) in [6.45, 7) is 2.14. The number of para-hydroxylation sites is 1. The Balaban J connectivity index is 1.38. The second kappa shape index (κ2) is 6.79. The third-order valence-corrected chi connectivity index (χ3v) is 6.30. The highest BCUT2D eigenvalue weighted by atomic mass is 32.1. The van der Waals surface area contributed by atoms with Crippen LogP contribution in [0.3, 0.4) is 0 Å². The molecule has 2 atom stereocenters. The number of fused-ring (bicyclic) bond motifs is 2. The summed E-state index contributed by atoms with van der Waals surface area (Å²) in [6.07, 6.45) is 3.70. The number of nitrogens with one attached hydrogen (secondary N) is 1. The molecule has 1 aromatic heterocycles. The van der Waals surface area contributed by atoms with E-state index in [1.165, 1.54) is 16.2 Å². The quantitative estimate of drug-likeness (QED) is 0.838. The number of aromatic nitrogens is 1.